The van der Waals surface area contributed by atoms with Crippen molar-refractivity contribution < 1.29 is 4.42 Å². The number of hydrogen-bond donors (Lipinski definition) is 1. The molecule has 0 fully saturated rings. The molecule has 20 heavy (non-hydrogen) atoms. The molecule has 1 aromatic heterocycles. The van der Waals surface area contributed by atoms with Gasteiger partial charge in [0.15, 0.2) is 0 Å². The second kappa shape index (κ2) is 7.20. The first-order valence-electron chi connectivity index (χ1n) is 6.57. The molecule has 0 bridgehead atoms. The Morgan fingerprint density at radius 1 is 1.35 bits per heavy atom. The summed E-state index contributed by atoms with van der Waals surface area (Å²) in [6.07, 6.45) is 1.76. The summed E-state index contributed by atoms with van der Waals surface area (Å²) in [5, 5.41) is 12.2. The Morgan fingerprint density at radius 2 is 2.15 bits per heavy atom. The topological polar surface area (TPSA) is 51.0 Å². The van der Waals surface area contributed by atoms with Crippen LogP contribution in [-0.4, -0.2) is 22.8 Å². The van der Waals surface area contributed by atoms with Gasteiger partial charge in [0.25, 0.3) is 0 Å². The quantitative estimate of drug-likeness (QED) is 0.790. The predicted molar refractivity (Wildman–Crippen MR) is 83.9 cm³/mol. The fourth-order valence-electron chi connectivity index (χ4n) is 1.73. The van der Waals surface area contributed by atoms with E-state index in [1.807, 2.05) is 12.1 Å². The van der Waals surface area contributed by atoms with Crippen LogP contribution in [-0.2, 0) is 6.42 Å². The van der Waals surface area contributed by atoms with E-state index in [-0.39, 0.29) is 0 Å². The van der Waals surface area contributed by atoms with Gasteiger partial charge >= 0.3 is 0 Å². The van der Waals surface area contributed by atoms with Gasteiger partial charge in [-0.15, -0.1) is 10.2 Å². The molecule has 0 saturated carbocycles. The largest absolute Gasteiger partial charge is 0.421 e. The number of rotatable bonds is 6. The van der Waals surface area contributed by atoms with Crippen molar-refractivity contribution in [2.24, 2.45) is 0 Å². The highest BCUT2D eigenvalue weighted by Crippen LogP contribution is 2.28. The van der Waals surface area contributed by atoms with Crippen molar-refractivity contribution in [3.05, 3.63) is 33.6 Å². The van der Waals surface area contributed by atoms with E-state index in [2.05, 4.69) is 45.3 Å². The lowest BCUT2D eigenvalue weighted by Crippen LogP contribution is -2.23. The standard InChI is InChI=1S/C14H17BrClN3O/c1-9(2)17-7-3-4-13-18-19-14(20-13)10-5-6-12(16)11(15)8-10/h5-6,8-9,17H,3-4,7H2,1-2H3. The van der Waals surface area contributed by atoms with Crippen LogP contribution in [0, 0.1) is 0 Å². The number of benzene rings is 1. The Morgan fingerprint density at radius 3 is 2.85 bits per heavy atom. The normalized spacial score (nSPS) is 11.2. The maximum Gasteiger partial charge on any atom is 0.247 e. The number of halogens is 2. The zero-order valence-corrected chi connectivity index (χ0v) is 13.8. The zero-order chi connectivity index (χ0) is 14.5. The Hall–Kier alpha value is -0.910. The third kappa shape index (κ3) is 4.30. The summed E-state index contributed by atoms with van der Waals surface area (Å²) in [5.41, 5.74) is 0.861. The van der Waals surface area contributed by atoms with E-state index in [9.17, 15) is 0 Å². The first-order chi connectivity index (χ1) is 9.56. The van der Waals surface area contributed by atoms with E-state index in [1.165, 1.54) is 0 Å². The molecule has 1 heterocycles. The average Bonchev–Trinajstić information content (AvgIpc) is 2.86. The van der Waals surface area contributed by atoms with E-state index >= 15 is 0 Å². The molecule has 0 aliphatic rings. The molecule has 0 aliphatic heterocycles. The maximum absolute atomic E-state index is 5.96. The average molecular weight is 359 g/mol. The van der Waals surface area contributed by atoms with Gasteiger partial charge in [-0.05, 0) is 47.1 Å². The SMILES string of the molecule is CC(C)NCCCc1nnc(-c2ccc(Cl)c(Br)c2)o1. The molecule has 1 N–H and O–H groups in total. The molecule has 0 saturated heterocycles. The monoisotopic (exact) mass is 357 g/mol. The lowest BCUT2D eigenvalue weighted by molar-refractivity contribution is 0.484. The smallest absolute Gasteiger partial charge is 0.247 e. The summed E-state index contributed by atoms with van der Waals surface area (Å²) in [4.78, 5) is 0. The van der Waals surface area contributed by atoms with Crippen molar-refractivity contribution in [3.63, 3.8) is 0 Å². The van der Waals surface area contributed by atoms with Crippen molar-refractivity contribution in [3.8, 4) is 11.5 Å². The predicted octanol–water partition coefficient (Wildman–Crippen LogP) is 4.08. The Bertz CT molecular complexity index is 571. The van der Waals surface area contributed by atoms with Gasteiger partial charge in [0.05, 0.1) is 5.02 Å². The molecule has 108 valence electrons. The van der Waals surface area contributed by atoms with Crippen LogP contribution in [0.4, 0.5) is 0 Å². The molecule has 6 heteroatoms. The fourth-order valence-corrected chi connectivity index (χ4v) is 2.23. The highest BCUT2D eigenvalue weighted by Gasteiger charge is 2.10. The third-order valence-corrected chi connectivity index (χ3v) is 3.97. The minimum Gasteiger partial charge on any atom is -0.421 e. The van der Waals surface area contributed by atoms with Gasteiger partial charge < -0.3 is 9.73 Å². The second-order valence-corrected chi connectivity index (χ2v) is 6.10. The fraction of sp³-hybridized carbons (Fsp3) is 0.429. The summed E-state index contributed by atoms with van der Waals surface area (Å²) in [5.74, 6) is 1.19. The molecular formula is C14H17BrClN3O. The molecule has 0 radical (unpaired) electrons. The van der Waals surface area contributed by atoms with E-state index < -0.39 is 0 Å². The molecule has 2 aromatic rings. The minimum absolute atomic E-state index is 0.500. The molecule has 0 spiro atoms. The van der Waals surface area contributed by atoms with E-state index in [0.29, 0.717) is 22.8 Å². The Balaban J connectivity index is 1.96. The highest BCUT2D eigenvalue weighted by atomic mass is 79.9. The molecule has 0 atom stereocenters. The van der Waals surface area contributed by atoms with Crippen LogP contribution >= 0.6 is 27.5 Å². The van der Waals surface area contributed by atoms with Crippen molar-refractivity contribution in [2.45, 2.75) is 32.7 Å². The van der Waals surface area contributed by atoms with Crippen LogP contribution in [0.15, 0.2) is 27.1 Å². The summed E-state index contributed by atoms with van der Waals surface area (Å²) >= 11 is 9.35. The van der Waals surface area contributed by atoms with Gasteiger partial charge in [0.1, 0.15) is 0 Å². The van der Waals surface area contributed by atoms with Gasteiger partial charge in [-0.3, -0.25) is 0 Å². The van der Waals surface area contributed by atoms with Crippen molar-refractivity contribution in [2.75, 3.05) is 6.54 Å². The number of nitrogens with zero attached hydrogens (tertiary/aromatic N) is 2. The number of aryl methyl sites for hydroxylation is 1. The van der Waals surface area contributed by atoms with Crippen LogP contribution in [0.5, 0.6) is 0 Å². The highest BCUT2D eigenvalue weighted by molar-refractivity contribution is 9.10. The molecule has 2 rings (SSSR count). The van der Waals surface area contributed by atoms with Crippen LogP contribution < -0.4 is 5.32 Å². The zero-order valence-electron chi connectivity index (χ0n) is 11.5. The van der Waals surface area contributed by atoms with Gasteiger partial charge in [-0.1, -0.05) is 25.4 Å². The van der Waals surface area contributed by atoms with E-state index in [1.54, 1.807) is 6.07 Å². The molecule has 4 nitrogen and oxygen atoms in total. The van der Waals surface area contributed by atoms with Gasteiger partial charge in [0, 0.05) is 22.5 Å². The van der Waals surface area contributed by atoms with Crippen molar-refractivity contribution in [1.82, 2.24) is 15.5 Å². The Kier molecular flexibility index (Phi) is 5.57. The van der Waals surface area contributed by atoms with Gasteiger partial charge in [-0.25, -0.2) is 0 Å². The molecule has 1 aromatic carbocycles. The first-order valence-corrected chi connectivity index (χ1v) is 7.74. The summed E-state index contributed by atoms with van der Waals surface area (Å²) in [6, 6.07) is 6.04. The van der Waals surface area contributed by atoms with Crippen LogP contribution in [0.25, 0.3) is 11.5 Å². The molecule has 0 aliphatic carbocycles. The molecular weight excluding hydrogens is 342 g/mol. The van der Waals surface area contributed by atoms with Crippen LogP contribution in [0.2, 0.25) is 5.02 Å². The number of aromatic nitrogens is 2. The number of nitrogens with one attached hydrogen (secondary N) is 1. The summed E-state index contributed by atoms with van der Waals surface area (Å²) in [6.45, 7) is 5.20. The lowest BCUT2D eigenvalue weighted by atomic mass is 10.2. The first kappa shape index (κ1) is 15.5. The molecule has 0 amide bonds. The third-order valence-electron chi connectivity index (χ3n) is 2.75. The van der Waals surface area contributed by atoms with Gasteiger partial charge in [0.2, 0.25) is 11.8 Å². The van der Waals surface area contributed by atoms with E-state index in [4.69, 9.17) is 16.0 Å². The summed E-state index contributed by atoms with van der Waals surface area (Å²) < 4.78 is 6.47. The van der Waals surface area contributed by atoms with Crippen LogP contribution in [0.3, 0.4) is 0 Å². The Labute approximate surface area is 132 Å². The van der Waals surface area contributed by atoms with Gasteiger partial charge in [-0.2, -0.15) is 0 Å². The van der Waals surface area contributed by atoms with E-state index in [0.717, 1.165) is 29.4 Å². The summed E-state index contributed by atoms with van der Waals surface area (Å²) in [7, 11) is 0. The molecule has 0 unspecified atom stereocenters. The number of hydrogen-bond acceptors (Lipinski definition) is 4. The second-order valence-electron chi connectivity index (χ2n) is 4.84. The minimum atomic E-state index is 0.500. The van der Waals surface area contributed by atoms with Crippen molar-refractivity contribution in [1.29, 1.82) is 0 Å². The maximum atomic E-state index is 5.96. The van der Waals surface area contributed by atoms with Crippen molar-refractivity contribution >= 4 is 27.5 Å². The lowest BCUT2D eigenvalue weighted by Gasteiger charge is -2.05. The van der Waals surface area contributed by atoms with Crippen LogP contribution in [0.1, 0.15) is 26.2 Å².